The number of hydrogen-bond donors (Lipinski definition) is 3. The van der Waals surface area contributed by atoms with Gasteiger partial charge < -0.3 is 25.2 Å². The quantitative estimate of drug-likeness (QED) is 0.350. The van der Waals surface area contributed by atoms with Gasteiger partial charge in [0, 0.05) is 39.0 Å². The van der Waals surface area contributed by atoms with Crippen molar-refractivity contribution in [3.63, 3.8) is 0 Å². The molecule has 8 nitrogen and oxygen atoms in total. The number of alkyl carbamates (subject to hydrolysis) is 1. The number of benzene rings is 2. The monoisotopic (exact) mass is 482 g/mol. The lowest BCUT2D eigenvalue weighted by molar-refractivity contribution is -0.149. The second kappa shape index (κ2) is 13.5. The third-order valence-electron chi connectivity index (χ3n) is 6.23. The molecule has 1 unspecified atom stereocenters. The Hall–Kier alpha value is -3.39. The van der Waals surface area contributed by atoms with Crippen LogP contribution >= 0.6 is 0 Å². The highest BCUT2D eigenvalue weighted by Gasteiger charge is 2.28. The Kier molecular flexibility index (Phi) is 10.1. The van der Waals surface area contributed by atoms with E-state index in [0.717, 1.165) is 25.7 Å². The number of aliphatic carboxylic acids is 1. The number of rotatable bonds is 14. The molecule has 1 aliphatic carbocycles. The van der Waals surface area contributed by atoms with Crippen molar-refractivity contribution < 1.29 is 29.0 Å². The number of hydrogen-bond acceptors (Lipinski definition) is 5. The zero-order chi connectivity index (χ0) is 25.0. The Balaban J connectivity index is 1.25. The molecule has 0 heterocycles. The number of carboxylic acids is 1. The Bertz CT molecular complexity index is 963. The van der Waals surface area contributed by atoms with Crippen LogP contribution in [0.5, 0.6) is 0 Å². The number of carbonyl (C=O) groups excluding carboxylic acids is 2. The van der Waals surface area contributed by atoms with Gasteiger partial charge in [0.25, 0.3) is 0 Å². The van der Waals surface area contributed by atoms with Crippen molar-refractivity contribution in [2.45, 2.75) is 50.5 Å². The summed E-state index contributed by atoms with van der Waals surface area (Å²) in [5.41, 5.74) is 4.77. The van der Waals surface area contributed by atoms with Crippen molar-refractivity contribution in [3.05, 3.63) is 59.7 Å². The van der Waals surface area contributed by atoms with Gasteiger partial charge in [-0.15, -0.1) is 0 Å². The molecule has 0 aliphatic heterocycles. The molecule has 1 aliphatic rings. The van der Waals surface area contributed by atoms with Gasteiger partial charge in [0.15, 0.2) is 6.10 Å². The summed E-state index contributed by atoms with van der Waals surface area (Å²) >= 11 is 0. The van der Waals surface area contributed by atoms with Crippen molar-refractivity contribution in [1.29, 1.82) is 0 Å². The molecule has 0 saturated heterocycles. The summed E-state index contributed by atoms with van der Waals surface area (Å²) in [5, 5.41) is 14.4. The molecule has 0 radical (unpaired) electrons. The maximum absolute atomic E-state index is 12.2. The highest BCUT2D eigenvalue weighted by Crippen LogP contribution is 2.44. The standard InChI is InChI=1S/C27H34N2O6/c1-34-24(26(31)32)15-17-28-25(30)14-4-2-3-9-16-29-27(33)35-18-23-21-12-7-5-10-19(21)20-11-6-8-13-22(20)23/h5-8,10-13,23-24H,2-4,9,14-18H2,1H3,(H,28,30)(H,29,33)(H,31,32). The fraction of sp³-hybridized carbons (Fsp3) is 0.444. The largest absolute Gasteiger partial charge is 0.479 e. The smallest absolute Gasteiger partial charge is 0.407 e. The van der Waals surface area contributed by atoms with Crippen LogP contribution in [0.25, 0.3) is 11.1 Å². The summed E-state index contributed by atoms with van der Waals surface area (Å²) in [6, 6.07) is 16.5. The Morgan fingerprint density at radius 3 is 2.14 bits per heavy atom. The van der Waals surface area contributed by atoms with E-state index in [-0.39, 0.29) is 24.8 Å². The molecule has 0 aromatic heterocycles. The van der Waals surface area contributed by atoms with Crippen molar-refractivity contribution in [1.82, 2.24) is 10.6 Å². The molecule has 2 amide bonds. The molecular weight excluding hydrogens is 448 g/mol. The number of carboxylic acid groups (broad SMARTS) is 1. The summed E-state index contributed by atoms with van der Waals surface area (Å²) in [7, 11) is 1.34. The van der Waals surface area contributed by atoms with Crippen LogP contribution in [-0.2, 0) is 19.1 Å². The number of carbonyl (C=O) groups is 3. The second-order valence-corrected chi connectivity index (χ2v) is 8.62. The van der Waals surface area contributed by atoms with Gasteiger partial charge in [-0.25, -0.2) is 9.59 Å². The molecule has 0 spiro atoms. The minimum atomic E-state index is -1.03. The van der Waals surface area contributed by atoms with Crippen LogP contribution in [0.1, 0.15) is 55.6 Å². The van der Waals surface area contributed by atoms with Gasteiger partial charge in [-0.05, 0) is 35.1 Å². The van der Waals surface area contributed by atoms with Crippen molar-refractivity contribution in [2.75, 3.05) is 26.8 Å². The SMILES string of the molecule is COC(CCNC(=O)CCCCCCNC(=O)OCC1c2ccccc2-c2ccccc21)C(=O)O. The van der Waals surface area contributed by atoms with E-state index in [0.29, 0.717) is 19.6 Å². The Morgan fingerprint density at radius 1 is 0.886 bits per heavy atom. The predicted octanol–water partition coefficient (Wildman–Crippen LogP) is 4.08. The number of fused-ring (bicyclic) bond motifs is 3. The average Bonchev–Trinajstić information content (AvgIpc) is 3.18. The van der Waals surface area contributed by atoms with Crippen LogP contribution in [0, 0.1) is 0 Å². The van der Waals surface area contributed by atoms with E-state index in [9.17, 15) is 14.4 Å². The number of nitrogens with one attached hydrogen (secondary N) is 2. The molecule has 1 atom stereocenters. The summed E-state index contributed by atoms with van der Waals surface area (Å²) < 4.78 is 10.4. The van der Waals surface area contributed by atoms with Gasteiger partial charge >= 0.3 is 12.1 Å². The first-order valence-electron chi connectivity index (χ1n) is 12.1. The minimum Gasteiger partial charge on any atom is -0.479 e. The van der Waals surface area contributed by atoms with E-state index in [1.807, 2.05) is 24.3 Å². The molecular formula is C27H34N2O6. The molecule has 0 fully saturated rings. The number of ether oxygens (including phenoxy) is 2. The van der Waals surface area contributed by atoms with E-state index >= 15 is 0 Å². The fourth-order valence-corrected chi connectivity index (χ4v) is 4.38. The molecule has 8 heteroatoms. The van der Waals surface area contributed by atoms with Crippen LogP contribution in [0.3, 0.4) is 0 Å². The van der Waals surface area contributed by atoms with Gasteiger partial charge in [0.1, 0.15) is 6.61 Å². The first-order valence-corrected chi connectivity index (χ1v) is 12.1. The molecule has 3 N–H and O–H groups in total. The molecule has 2 aromatic rings. The second-order valence-electron chi connectivity index (χ2n) is 8.62. The zero-order valence-electron chi connectivity index (χ0n) is 20.1. The number of unbranched alkanes of at least 4 members (excludes halogenated alkanes) is 3. The first kappa shape index (κ1) is 26.2. The highest BCUT2D eigenvalue weighted by molar-refractivity contribution is 5.79. The molecule has 0 bridgehead atoms. The van der Waals surface area contributed by atoms with E-state index in [4.69, 9.17) is 14.6 Å². The van der Waals surface area contributed by atoms with Crippen LogP contribution in [0.2, 0.25) is 0 Å². The lowest BCUT2D eigenvalue weighted by Crippen LogP contribution is -2.31. The third kappa shape index (κ3) is 7.55. The molecule has 35 heavy (non-hydrogen) atoms. The normalized spacial score (nSPS) is 12.9. The molecule has 188 valence electrons. The van der Waals surface area contributed by atoms with Gasteiger partial charge in [-0.2, -0.15) is 0 Å². The average molecular weight is 483 g/mol. The van der Waals surface area contributed by atoms with E-state index in [2.05, 4.69) is 34.9 Å². The lowest BCUT2D eigenvalue weighted by atomic mass is 9.98. The van der Waals surface area contributed by atoms with Crippen molar-refractivity contribution in [2.24, 2.45) is 0 Å². The van der Waals surface area contributed by atoms with Crippen molar-refractivity contribution >= 4 is 18.0 Å². The third-order valence-corrected chi connectivity index (χ3v) is 6.23. The Labute approximate surface area is 206 Å². The van der Waals surface area contributed by atoms with Gasteiger partial charge in [0.2, 0.25) is 5.91 Å². The van der Waals surface area contributed by atoms with E-state index in [1.54, 1.807) is 0 Å². The maximum atomic E-state index is 12.2. The molecule has 3 rings (SSSR count). The number of amides is 2. The first-order chi connectivity index (χ1) is 17.0. The fourth-order valence-electron chi connectivity index (χ4n) is 4.38. The molecule has 0 saturated carbocycles. The summed E-state index contributed by atoms with van der Waals surface area (Å²) in [6.45, 7) is 1.09. The summed E-state index contributed by atoms with van der Waals surface area (Å²) in [4.78, 5) is 34.9. The van der Waals surface area contributed by atoms with Crippen LogP contribution < -0.4 is 10.6 Å². The van der Waals surface area contributed by atoms with Crippen LogP contribution in [0.4, 0.5) is 4.79 Å². The summed E-state index contributed by atoms with van der Waals surface area (Å²) in [6.07, 6.45) is 2.62. The van der Waals surface area contributed by atoms with Crippen LogP contribution in [-0.4, -0.2) is 56.0 Å². The minimum absolute atomic E-state index is 0.0452. The van der Waals surface area contributed by atoms with Crippen LogP contribution in [0.15, 0.2) is 48.5 Å². The van der Waals surface area contributed by atoms with Gasteiger partial charge in [-0.1, -0.05) is 61.4 Å². The zero-order valence-corrected chi connectivity index (χ0v) is 20.1. The maximum Gasteiger partial charge on any atom is 0.407 e. The predicted molar refractivity (Wildman–Crippen MR) is 132 cm³/mol. The van der Waals surface area contributed by atoms with Gasteiger partial charge in [-0.3, -0.25) is 4.79 Å². The van der Waals surface area contributed by atoms with E-state index < -0.39 is 18.2 Å². The lowest BCUT2D eigenvalue weighted by Gasteiger charge is -2.14. The molecule has 2 aromatic carbocycles. The topological polar surface area (TPSA) is 114 Å². The van der Waals surface area contributed by atoms with Crippen molar-refractivity contribution in [3.8, 4) is 11.1 Å². The number of methoxy groups -OCH3 is 1. The highest BCUT2D eigenvalue weighted by atomic mass is 16.5. The Morgan fingerprint density at radius 2 is 1.51 bits per heavy atom. The summed E-state index contributed by atoms with van der Waals surface area (Å²) in [5.74, 6) is -1.08. The van der Waals surface area contributed by atoms with E-state index in [1.165, 1.54) is 29.4 Å². The van der Waals surface area contributed by atoms with Gasteiger partial charge in [0.05, 0.1) is 0 Å².